The number of H-pyrrole nitrogens is 1. The number of hydrogen-bond donors (Lipinski definition) is 3. The van der Waals surface area contributed by atoms with Crippen molar-refractivity contribution in [2.24, 2.45) is 0 Å². The molecule has 3 aromatic heterocycles. The Balaban J connectivity index is 1.34. The number of nitrogens with zero attached hydrogens (tertiary/aromatic N) is 3. The average molecular weight is 523 g/mol. The Bertz CT molecular complexity index is 1250. The van der Waals surface area contributed by atoms with E-state index in [-0.39, 0.29) is 40.6 Å². The fourth-order valence-electron chi connectivity index (χ4n) is 3.37. The van der Waals surface area contributed by atoms with Crippen molar-refractivity contribution in [1.82, 2.24) is 20.2 Å². The van der Waals surface area contributed by atoms with Gasteiger partial charge in [-0.05, 0) is 38.2 Å². The van der Waals surface area contributed by atoms with Gasteiger partial charge in [0.2, 0.25) is 11.8 Å². The molecule has 4 N–H and O–H groups in total. The molecule has 0 radical (unpaired) electrons. The first-order valence-corrected chi connectivity index (χ1v) is 13.3. The molecule has 1 amide bonds. The lowest BCUT2D eigenvalue weighted by molar-refractivity contribution is -0.113. The van der Waals surface area contributed by atoms with Gasteiger partial charge in [-0.25, -0.2) is 9.78 Å². The van der Waals surface area contributed by atoms with Crippen LogP contribution < -0.4 is 16.6 Å². The number of ether oxygens (including phenoxy) is 1. The first kappa shape index (κ1) is 24.3. The van der Waals surface area contributed by atoms with Crippen LogP contribution in [0.25, 0.3) is 0 Å². The summed E-state index contributed by atoms with van der Waals surface area (Å²) in [5, 5.41) is 11.8. The number of nitrogens with one attached hydrogen (secondary N) is 2. The van der Waals surface area contributed by atoms with Crippen LogP contribution >= 0.6 is 34.9 Å². The van der Waals surface area contributed by atoms with Crippen LogP contribution in [-0.4, -0.2) is 44.4 Å². The van der Waals surface area contributed by atoms with Crippen molar-refractivity contribution in [3.63, 3.8) is 0 Å². The predicted molar refractivity (Wildman–Crippen MR) is 129 cm³/mol. The standard InChI is InChI=1S/C20H22N6O5S3/c1-2-30-18(29)16-10-5-3-4-6-11(10)34-17(16)23-14(28)8-33-20-26-25-15(31-20)9-32-19-22-12(21)7-13(27)24-19/h7H,2-6,8-9H2,1H3,(H,23,28)(H3,21,22,24,27). The molecule has 4 rings (SSSR count). The van der Waals surface area contributed by atoms with Gasteiger partial charge in [0.25, 0.3) is 10.8 Å². The molecule has 0 saturated heterocycles. The van der Waals surface area contributed by atoms with E-state index >= 15 is 0 Å². The van der Waals surface area contributed by atoms with Crippen molar-refractivity contribution in [1.29, 1.82) is 0 Å². The molecule has 0 atom stereocenters. The van der Waals surface area contributed by atoms with Crippen molar-refractivity contribution in [2.75, 3.05) is 23.4 Å². The van der Waals surface area contributed by atoms with E-state index in [4.69, 9.17) is 14.9 Å². The molecule has 14 heteroatoms. The molecule has 0 spiro atoms. The Morgan fingerprint density at radius 1 is 1.29 bits per heavy atom. The number of nitrogen functional groups attached to an aromatic ring is 1. The number of rotatable bonds is 9. The lowest BCUT2D eigenvalue weighted by Gasteiger charge is -2.12. The van der Waals surface area contributed by atoms with Crippen LogP contribution in [0.4, 0.5) is 10.8 Å². The quantitative estimate of drug-likeness (QED) is 0.215. The highest BCUT2D eigenvalue weighted by Gasteiger charge is 2.27. The molecule has 0 bridgehead atoms. The van der Waals surface area contributed by atoms with Gasteiger partial charge in [0.05, 0.1) is 23.7 Å². The van der Waals surface area contributed by atoms with Crippen molar-refractivity contribution >= 4 is 57.6 Å². The fraction of sp³-hybridized carbons (Fsp3) is 0.400. The van der Waals surface area contributed by atoms with Crippen LogP contribution in [-0.2, 0) is 28.1 Å². The highest BCUT2D eigenvalue weighted by atomic mass is 32.2. The van der Waals surface area contributed by atoms with E-state index in [1.54, 1.807) is 6.92 Å². The van der Waals surface area contributed by atoms with Crippen LogP contribution in [0.2, 0.25) is 0 Å². The Morgan fingerprint density at radius 2 is 2.12 bits per heavy atom. The highest BCUT2D eigenvalue weighted by molar-refractivity contribution is 7.99. The van der Waals surface area contributed by atoms with E-state index in [0.717, 1.165) is 47.9 Å². The van der Waals surface area contributed by atoms with Gasteiger partial charge in [-0.3, -0.25) is 9.59 Å². The van der Waals surface area contributed by atoms with Crippen LogP contribution in [0.5, 0.6) is 0 Å². The molecule has 3 heterocycles. The maximum atomic E-state index is 12.6. The number of fused-ring (bicyclic) bond motifs is 1. The number of carbonyl (C=O) groups excluding carboxylic acids is 2. The second-order valence-corrected chi connectivity index (χ2v) is 10.2. The maximum Gasteiger partial charge on any atom is 0.341 e. The molecule has 0 aromatic carbocycles. The molecule has 0 fully saturated rings. The third-order valence-electron chi connectivity index (χ3n) is 4.75. The van der Waals surface area contributed by atoms with Crippen molar-refractivity contribution in [3.8, 4) is 0 Å². The number of anilines is 2. The van der Waals surface area contributed by atoms with Crippen LogP contribution in [0.15, 0.2) is 25.7 Å². The summed E-state index contributed by atoms with van der Waals surface area (Å²) < 4.78 is 10.8. The molecule has 3 aromatic rings. The van der Waals surface area contributed by atoms with Gasteiger partial charge in [0.1, 0.15) is 10.8 Å². The zero-order valence-electron chi connectivity index (χ0n) is 18.2. The van der Waals surface area contributed by atoms with Gasteiger partial charge < -0.3 is 25.2 Å². The summed E-state index contributed by atoms with van der Waals surface area (Å²) in [5.74, 6) is 0.0504. The third kappa shape index (κ3) is 5.98. The number of aromatic nitrogens is 4. The Hall–Kier alpha value is -2.84. The molecule has 0 unspecified atom stereocenters. The normalized spacial score (nSPS) is 12.9. The van der Waals surface area contributed by atoms with E-state index in [0.29, 0.717) is 21.6 Å². The number of carbonyl (C=O) groups is 2. The number of hydrogen-bond acceptors (Lipinski definition) is 12. The van der Waals surface area contributed by atoms with E-state index in [1.807, 2.05) is 0 Å². The second-order valence-electron chi connectivity index (χ2n) is 7.20. The van der Waals surface area contributed by atoms with E-state index < -0.39 is 5.97 Å². The molecular formula is C20H22N6O5S3. The van der Waals surface area contributed by atoms with E-state index in [9.17, 15) is 14.4 Å². The second kappa shape index (κ2) is 11.1. The molecule has 1 aliphatic carbocycles. The summed E-state index contributed by atoms with van der Waals surface area (Å²) in [6.45, 7) is 2.03. The Kier molecular flexibility index (Phi) is 7.90. The number of thiophene rings is 1. The van der Waals surface area contributed by atoms with Gasteiger partial charge in [-0.1, -0.05) is 23.5 Å². The molecule has 34 heavy (non-hydrogen) atoms. The van der Waals surface area contributed by atoms with Gasteiger partial charge in [0.15, 0.2) is 5.16 Å². The zero-order valence-corrected chi connectivity index (χ0v) is 20.7. The van der Waals surface area contributed by atoms with E-state index in [1.165, 1.54) is 29.2 Å². The summed E-state index contributed by atoms with van der Waals surface area (Å²) >= 11 is 3.72. The summed E-state index contributed by atoms with van der Waals surface area (Å²) in [4.78, 5) is 44.3. The van der Waals surface area contributed by atoms with Crippen LogP contribution in [0.1, 0.15) is 46.5 Å². The first-order chi connectivity index (χ1) is 16.4. The zero-order chi connectivity index (χ0) is 24.1. The Labute approximate surface area is 206 Å². The SMILES string of the molecule is CCOC(=O)c1c(NC(=O)CSc2nnc(CSc3nc(N)cc(=O)[nH]3)o2)sc2c1CCCC2. The lowest BCUT2D eigenvalue weighted by atomic mass is 9.95. The summed E-state index contributed by atoms with van der Waals surface area (Å²) in [6.07, 6.45) is 3.80. The van der Waals surface area contributed by atoms with Gasteiger partial charge in [-0.15, -0.1) is 21.5 Å². The third-order valence-corrected chi connectivity index (χ3v) is 7.63. The molecule has 180 valence electrons. The predicted octanol–water partition coefficient (Wildman–Crippen LogP) is 2.88. The molecular weight excluding hydrogens is 500 g/mol. The maximum absolute atomic E-state index is 12.6. The first-order valence-electron chi connectivity index (χ1n) is 10.5. The smallest absolute Gasteiger partial charge is 0.341 e. The van der Waals surface area contributed by atoms with Crippen LogP contribution in [0.3, 0.4) is 0 Å². The monoisotopic (exact) mass is 522 g/mol. The number of thioether (sulfide) groups is 2. The number of amides is 1. The minimum atomic E-state index is -0.403. The number of aromatic amines is 1. The summed E-state index contributed by atoms with van der Waals surface area (Å²) in [5.41, 5.74) is 6.69. The van der Waals surface area contributed by atoms with Gasteiger partial charge in [0, 0.05) is 10.9 Å². The molecule has 11 nitrogen and oxygen atoms in total. The molecule has 1 aliphatic rings. The molecule has 0 saturated carbocycles. The van der Waals surface area contributed by atoms with Crippen molar-refractivity contribution in [2.45, 2.75) is 48.7 Å². The van der Waals surface area contributed by atoms with Crippen molar-refractivity contribution < 1.29 is 18.7 Å². The fourth-order valence-corrected chi connectivity index (χ4v) is 5.96. The lowest BCUT2D eigenvalue weighted by Crippen LogP contribution is -2.17. The summed E-state index contributed by atoms with van der Waals surface area (Å²) in [6, 6.07) is 1.19. The average Bonchev–Trinajstić information content (AvgIpc) is 3.40. The number of esters is 1. The Morgan fingerprint density at radius 3 is 2.91 bits per heavy atom. The van der Waals surface area contributed by atoms with Crippen molar-refractivity contribution in [3.05, 3.63) is 38.3 Å². The topological polar surface area (TPSA) is 166 Å². The van der Waals surface area contributed by atoms with Gasteiger partial charge in [-0.2, -0.15) is 0 Å². The minimum absolute atomic E-state index is 0.0315. The van der Waals surface area contributed by atoms with Crippen LogP contribution in [0, 0.1) is 0 Å². The minimum Gasteiger partial charge on any atom is -0.462 e. The summed E-state index contributed by atoms with van der Waals surface area (Å²) in [7, 11) is 0. The van der Waals surface area contributed by atoms with E-state index in [2.05, 4.69) is 25.5 Å². The number of nitrogens with two attached hydrogens (primary N) is 1. The molecule has 0 aliphatic heterocycles. The van der Waals surface area contributed by atoms with Gasteiger partial charge >= 0.3 is 5.97 Å². The highest BCUT2D eigenvalue weighted by Crippen LogP contribution is 2.38. The largest absolute Gasteiger partial charge is 0.462 e. The number of aryl methyl sites for hydroxylation is 1.